The summed E-state index contributed by atoms with van der Waals surface area (Å²) in [4.78, 5) is 0. The lowest BCUT2D eigenvalue weighted by molar-refractivity contribution is 0.525. The normalized spacial score (nSPS) is 14.8. The maximum absolute atomic E-state index is 11.0. The van der Waals surface area contributed by atoms with Crippen LogP contribution < -0.4 is 0 Å². The van der Waals surface area contributed by atoms with Crippen molar-refractivity contribution in [2.75, 3.05) is 6.67 Å². The van der Waals surface area contributed by atoms with Crippen LogP contribution in [0.15, 0.2) is 0 Å². The molecule has 28 valence electrons. The van der Waals surface area contributed by atoms with Crippen molar-refractivity contribution >= 4 is 30.4 Å². The zero-order valence-corrected chi connectivity index (χ0v) is 4.78. The van der Waals surface area contributed by atoms with Gasteiger partial charge in [0.2, 0.25) is 0 Å². The standard InChI is InChI=1S/C2H3BFI/c3-2(5)1-4/h2H,1H2. The molecule has 0 saturated carbocycles. The van der Waals surface area contributed by atoms with Gasteiger partial charge in [-0.3, -0.25) is 4.39 Å². The summed E-state index contributed by atoms with van der Waals surface area (Å²) in [7, 11) is 4.90. The van der Waals surface area contributed by atoms with Gasteiger partial charge < -0.3 is 0 Å². The Kier molecular flexibility index (Phi) is 3.36. The second-order valence-corrected chi connectivity index (χ2v) is 2.27. The average Bonchev–Trinajstić information content (AvgIpc) is 1.38. The van der Waals surface area contributed by atoms with E-state index in [0.717, 1.165) is 0 Å². The van der Waals surface area contributed by atoms with Gasteiger partial charge in [0.25, 0.3) is 0 Å². The maximum atomic E-state index is 11.0. The molecule has 0 bridgehead atoms. The van der Waals surface area contributed by atoms with Crippen LogP contribution in [0.2, 0.25) is 0 Å². The van der Waals surface area contributed by atoms with E-state index in [9.17, 15) is 4.39 Å². The quantitative estimate of drug-likeness (QED) is 0.322. The van der Waals surface area contributed by atoms with E-state index in [1.54, 1.807) is 0 Å². The molecule has 5 heavy (non-hydrogen) atoms. The third-order valence-corrected chi connectivity index (χ3v) is 0.480. The van der Waals surface area contributed by atoms with E-state index in [0.29, 0.717) is 0 Å². The molecule has 0 rings (SSSR count). The van der Waals surface area contributed by atoms with Gasteiger partial charge in [-0.1, -0.05) is 22.6 Å². The monoisotopic (exact) mass is 184 g/mol. The van der Waals surface area contributed by atoms with Crippen molar-refractivity contribution in [2.24, 2.45) is 0 Å². The van der Waals surface area contributed by atoms with Crippen LogP contribution in [0.25, 0.3) is 0 Å². The maximum Gasteiger partial charge on any atom is 0.0931 e. The minimum absolute atomic E-state index is 0.312. The van der Waals surface area contributed by atoms with Crippen molar-refractivity contribution in [3.63, 3.8) is 0 Å². The van der Waals surface area contributed by atoms with Gasteiger partial charge >= 0.3 is 0 Å². The highest BCUT2D eigenvalue weighted by Crippen LogP contribution is 1.91. The molecule has 0 heterocycles. The molecule has 0 amide bonds. The molecule has 2 radical (unpaired) electrons. The Morgan fingerprint density at radius 3 is 2.20 bits per heavy atom. The molecule has 0 aliphatic heterocycles. The molecule has 0 aliphatic rings. The summed E-state index contributed by atoms with van der Waals surface area (Å²) in [5.74, 6) is 0. The van der Waals surface area contributed by atoms with Gasteiger partial charge in [0.15, 0.2) is 0 Å². The lowest BCUT2D eigenvalue weighted by Crippen LogP contribution is -1.95. The van der Waals surface area contributed by atoms with Crippen LogP contribution in [-0.2, 0) is 0 Å². The first kappa shape index (κ1) is 5.72. The topological polar surface area (TPSA) is 0 Å². The largest absolute Gasteiger partial charge is 0.251 e. The fourth-order valence-corrected chi connectivity index (χ4v) is 0. The van der Waals surface area contributed by atoms with E-state index in [1.165, 1.54) is 0 Å². The van der Waals surface area contributed by atoms with E-state index in [-0.39, 0.29) is 3.82 Å². The fraction of sp³-hybridized carbons (Fsp3) is 1.00. The number of alkyl halides is 2. The molecule has 0 aliphatic carbocycles. The zero-order chi connectivity index (χ0) is 4.28. The fourth-order valence-electron chi connectivity index (χ4n) is 0. The highest BCUT2D eigenvalue weighted by atomic mass is 127. The van der Waals surface area contributed by atoms with Crippen molar-refractivity contribution in [1.82, 2.24) is 0 Å². The summed E-state index contributed by atoms with van der Waals surface area (Å²) in [6, 6.07) is 0. The number of hydrogen-bond donors (Lipinski definition) is 0. The Morgan fingerprint density at radius 1 is 2.00 bits per heavy atom. The van der Waals surface area contributed by atoms with Crippen LogP contribution in [0, 0.1) is 0 Å². The lowest BCUT2D eigenvalue weighted by Gasteiger charge is -1.85. The highest BCUT2D eigenvalue weighted by Gasteiger charge is 1.86. The first-order chi connectivity index (χ1) is 2.27. The molecular weight excluding hydrogens is 181 g/mol. The van der Waals surface area contributed by atoms with E-state index in [4.69, 9.17) is 7.85 Å². The number of halogens is 2. The van der Waals surface area contributed by atoms with Gasteiger partial charge in [0.1, 0.15) is 0 Å². The van der Waals surface area contributed by atoms with Crippen molar-refractivity contribution in [3.8, 4) is 0 Å². The van der Waals surface area contributed by atoms with Crippen LogP contribution in [0.3, 0.4) is 0 Å². The third-order valence-electron chi connectivity index (χ3n) is 0.147. The molecule has 0 saturated heterocycles. The van der Waals surface area contributed by atoms with Gasteiger partial charge in [0.05, 0.1) is 14.5 Å². The molecule has 0 aromatic heterocycles. The van der Waals surface area contributed by atoms with Crippen LogP contribution >= 0.6 is 22.6 Å². The Morgan fingerprint density at radius 2 is 2.20 bits per heavy atom. The van der Waals surface area contributed by atoms with Crippen molar-refractivity contribution < 1.29 is 4.39 Å². The van der Waals surface area contributed by atoms with Crippen LogP contribution in [0.5, 0.6) is 0 Å². The van der Waals surface area contributed by atoms with Crippen molar-refractivity contribution in [2.45, 2.75) is 3.82 Å². The van der Waals surface area contributed by atoms with Gasteiger partial charge in [-0.15, -0.1) is 0 Å². The highest BCUT2D eigenvalue weighted by molar-refractivity contribution is 14.1. The van der Waals surface area contributed by atoms with Crippen LogP contribution in [0.4, 0.5) is 4.39 Å². The predicted molar refractivity (Wildman–Crippen MR) is 29.5 cm³/mol. The first-order valence-electron chi connectivity index (χ1n) is 1.23. The van der Waals surface area contributed by atoms with E-state index < -0.39 is 6.67 Å². The van der Waals surface area contributed by atoms with Gasteiger partial charge in [-0.2, -0.15) is 0 Å². The second kappa shape index (κ2) is 2.94. The molecule has 0 aromatic rings. The molecule has 1 unspecified atom stereocenters. The Hall–Kier alpha value is 0.725. The second-order valence-electron chi connectivity index (χ2n) is 0.670. The first-order valence-corrected chi connectivity index (χ1v) is 2.47. The summed E-state index contributed by atoms with van der Waals surface area (Å²) >= 11 is 1.81. The van der Waals surface area contributed by atoms with Crippen LogP contribution in [-0.4, -0.2) is 18.3 Å². The molecule has 0 fully saturated rings. The molecule has 0 aromatic carbocycles. The number of rotatable bonds is 1. The Labute approximate surface area is 45.7 Å². The van der Waals surface area contributed by atoms with Crippen molar-refractivity contribution in [3.05, 3.63) is 0 Å². The minimum Gasteiger partial charge on any atom is -0.251 e. The molecule has 0 nitrogen and oxygen atoms in total. The van der Waals surface area contributed by atoms with E-state index in [2.05, 4.69) is 0 Å². The van der Waals surface area contributed by atoms with Gasteiger partial charge in [0, 0.05) is 3.82 Å². The molecular formula is C2H3BFI. The molecule has 1 atom stereocenters. The van der Waals surface area contributed by atoms with E-state index >= 15 is 0 Å². The lowest BCUT2D eigenvalue weighted by atomic mass is 10.1. The van der Waals surface area contributed by atoms with Gasteiger partial charge in [-0.25, -0.2) is 0 Å². The summed E-state index contributed by atoms with van der Waals surface area (Å²) in [5.41, 5.74) is 0. The third kappa shape index (κ3) is 4.72. The minimum atomic E-state index is -0.430. The molecule has 3 heteroatoms. The Bertz CT molecular complexity index is 23.6. The van der Waals surface area contributed by atoms with E-state index in [1.807, 2.05) is 22.6 Å². The predicted octanol–water partition coefficient (Wildman–Crippen LogP) is 0.885. The van der Waals surface area contributed by atoms with Crippen LogP contribution in [0.1, 0.15) is 0 Å². The summed E-state index contributed by atoms with van der Waals surface area (Å²) in [6.45, 7) is -0.430. The zero-order valence-electron chi connectivity index (χ0n) is 2.62. The smallest absolute Gasteiger partial charge is 0.0931 e. The summed E-state index contributed by atoms with van der Waals surface area (Å²) in [5, 5.41) is 0. The van der Waals surface area contributed by atoms with Crippen molar-refractivity contribution in [1.29, 1.82) is 0 Å². The average molecular weight is 184 g/mol. The molecule has 0 N–H and O–H groups in total. The van der Waals surface area contributed by atoms with Gasteiger partial charge in [-0.05, 0) is 0 Å². The number of hydrogen-bond acceptors (Lipinski definition) is 0. The summed E-state index contributed by atoms with van der Waals surface area (Å²) < 4.78 is 10.7. The Balaban J connectivity index is 2.54. The molecule has 0 spiro atoms. The summed E-state index contributed by atoms with van der Waals surface area (Å²) in [6.07, 6.45) is 0. The SMILES string of the molecule is [B]C(I)CF.